The van der Waals surface area contributed by atoms with Gasteiger partial charge in [0.05, 0.1) is 6.54 Å². The number of rotatable bonds is 3. The normalized spacial score (nSPS) is 30.0. The SMILES string of the molecule is CCN1CCCN2CCN(CCCN(CC(=O)O)CC2)CC1. The average Bonchev–Trinajstić information content (AvgIpc) is 2.50. The predicted molar refractivity (Wildman–Crippen MR) is 88.3 cm³/mol. The summed E-state index contributed by atoms with van der Waals surface area (Å²) in [5.41, 5.74) is 0. The maximum absolute atomic E-state index is 11.0. The topological polar surface area (TPSA) is 50.3 Å². The highest BCUT2D eigenvalue weighted by Gasteiger charge is 2.18. The minimum atomic E-state index is -0.708. The molecule has 2 aliphatic heterocycles. The highest BCUT2D eigenvalue weighted by Crippen LogP contribution is 2.06. The van der Waals surface area contributed by atoms with Gasteiger partial charge in [0.1, 0.15) is 0 Å². The van der Waals surface area contributed by atoms with Crippen LogP contribution in [0.1, 0.15) is 19.8 Å². The number of likely N-dealkylation sites (N-methyl/N-ethyl adjacent to an activating group) is 1. The molecular weight excluding hydrogens is 280 g/mol. The van der Waals surface area contributed by atoms with Crippen molar-refractivity contribution in [1.29, 1.82) is 0 Å². The Balaban J connectivity index is 1.96. The van der Waals surface area contributed by atoms with E-state index in [9.17, 15) is 4.79 Å². The molecule has 2 heterocycles. The molecule has 0 aromatic carbocycles. The fourth-order valence-corrected chi connectivity index (χ4v) is 3.44. The zero-order chi connectivity index (χ0) is 15.8. The van der Waals surface area contributed by atoms with Crippen LogP contribution in [0.25, 0.3) is 0 Å². The van der Waals surface area contributed by atoms with Gasteiger partial charge in [0.2, 0.25) is 0 Å². The van der Waals surface area contributed by atoms with Gasteiger partial charge in [-0.1, -0.05) is 6.92 Å². The zero-order valence-corrected chi connectivity index (χ0v) is 14.0. The van der Waals surface area contributed by atoms with Crippen molar-refractivity contribution >= 4 is 5.97 Å². The van der Waals surface area contributed by atoms with Gasteiger partial charge in [-0.2, -0.15) is 0 Å². The second kappa shape index (κ2) is 9.45. The van der Waals surface area contributed by atoms with Crippen LogP contribution in [0.2, 0.25) is 0 Å². The molecule has 0 aromatic rings. The molecule has 0 radical (unpaired) electrons. The Morgan fingerprint density at radius 1 is 0.773 bits per heavy atom. The first-order chi connectivity index (χ1) is 10.7. The first-order valence-corrected chi connectivity index (χ1v) is 8.78. The summed E-state index contributed by atoms with van der Waals surface area (Å²) in [5.74, 6) is -0.708. The lowest BCUT2D eigenvalue weighted by Crippen LogP contribution is -2.47. The molecule has 2 unspecified atom stereocenters. The molecule has 2 bridgehead atoms. The van der Waals surface area contributed by atoms with Crippen LogP contribution in [0.3, 0.4) is 0 Å². The number of carbonyl (C=O) groups is 1. The monoisotopic (exact) mass is 312 g/mol. The third kappa shape index (κ3) is 6.20. The fourth-order valence-electron chi connectivity index (χ4n) is 3.44. The Bertz CT molecular complexity index is 338. The van der Waals surface area contributed by atoms with Gasteiger partial charge >= 0.3 is 5.97 Å². The Hall–Kier alpha value is -0.690. The molecule has 0 saturated carbocycles. The highest BCUT2D eigenvalue weighted by atomic mass is 16.4. The number of fused-ring (bicyclic) bond motifs is 3. The molecule has 2 aliphatic rings. The number of hydrogen-bond donors (Lipinski definition) is 1. The molecule has 22 heavy (non-hydrogen) atoms. The third-order valence-corrected chi connectivity index (χ3v) is 4.90. The van der Waals surface area contributed by atoms with Crippen LogP contribution in [0.5, 0.6) is 0 Å². The van der Waals surface area contributed by atoms with Crippen molar-refractivity contribution in [2.75, 3.05) is 78.5 Å². The first-order valence-electron chi connectivity index (χ1n) is 8.78. The minimum Gasteiger partial charge on any atom is -0.480 e. The van der Waals surface area contributed by atoms with Crippen molar-refractivity contribution in [3.63, 3.8) is 0 Å². The van der Waals surface area contributed by atoms with E-state index in [2.05, 4.69) is 26.5 Å². The molecule has 0 amide bonds. The summed E-state index contributed by atoms with van der Waals surface area (Å²) in [7, 11) is 0. The molecule has 2 rings (SSSR count). The summed E-state index contributed by atoms with van der Waals surface area (Å²) < 4.78 is 0. The van der Waals surface area contributed by atoms with Crippen LogP contribution in [-0.2, 0) is 4.79 Å². The number of carboxylic acid groups (broad SMARTS) is 1. The Kier molecular flexibility index (Phi) is 7.59. The van der Waals surface area contributed by atoms with Crippen molar-refractivity contribution in [2.45, 2.75) is 19.8 Å². The van der Waals surface area contributed by atoms with Crippen molar-refractivity contribution in [1.82, 2.24) is 19.6 Å². The molecule has 128 valence electrons. The molecule has 0 spiro atoms. The van der Waals surface area contributed by atoms with Gasteiger partial charge in [0, 0.05) is 45.8 Å². The van der Waals surface area contributed by atoms with Gasteiger partial charge in [-0.15, -0.1) is 0 Å². The Labute approximate surface area is 134 Å². The molecule has 1 N–H and O–H groups in total. The smallest absolute Gasteiger partial charge is 0.317 e. The van der Waals surface area contributed by atoms with Gasteiger partial charge < -0.3 is 19.8 Å². The van der Waals surface area contributed by atoms with Crippen molar-refractivity contribution < 1.29 is 9.90 Å². The lowest BCUT2D eigenvalue weighted by Gasteiger charge is -2.35. The van der Waals surface area contributed by atoms with Crippen molar-refractivity contribution in [3.05, 3.63) is 0 Å². The second-order valence-corrected chi connectivity index (χ2v) is 6.49. The van der Waals surface area contributed by atoms with E-state index in [4.69, 9.17) is 5.11 Å². The quantitative estimate of drug-likeness (QED) is 0.798. The summed E-state index contributed by atoms with van der Waals surface area (Å²) in [5, 5.41) is 9.05. The van der Waals surface area contributed by atoms with Gasteiger partial charge in [-0.3, -0.25) is 9.69 Å². The van der Waals surface area contributed by atoms with Gasteiger partial charge in [-0.05, 0) is 39.0 Å². The summed E-state index contributed by atoms with van der Waals surface area (Å²) in [6.07, 6.45) is 2.28. The third-order valence-electron chi connectivity index (χ3n) is 4.90. The fraction of sp³-hybridized carbons (Fsp3) is 0.938. The van der Waals surface area contributed by atoms with Gasteiger partial charge in [-0.25, -0.2) is 0 Å². The minimum absolute atomic E-state index is 0.178. The molecule has 0 aliphatic carbocycles. The average molecular weight is 312 g/mol. The van der Waals surface area contributed by atoms with E-state index in [0.29, 0.717) is 0 Å². The van der Waals surface area contributed by atoms with E-state index in [-0.39, 0.29) is 6.54 Å². The van der Waals surface area contributed by atoms with Gasteiger partial charge in [0.15, 0.2) is 0 Å². The lowest BCUT2D eigenvalue weighted by molar-refractivity contribution is -0.138. The standard InChI is InChI=1S/C16H32N4O2/c1-2-17-5-3-6-19-12-11-18(10-9-17)7-4-8-20(14-13-19)15-16(21)22/h2-15H2,1H3,(H,21,22). The zero-order valence-electron chi connectivity index (χ0n) is 14.0. The molecule has 0 aromatic heterocycles. The lowest BCUT2D eigenvalue weighted by atomic mass is 10.2. The second-order valence-electron chi connectivity index (χ2n) is 6.49. The van der Waals surface area contributed by atoms with E-state index in [1.54, 1.807) is 0 Å². The number of aliphatic carboxylic acids is 1. The van der Waals surface area contributed by atoms with Crippen LogP contribution in [0.15, 0.2) is 0 Å². The van der Waals surface area contributed by atoms with Crippen molar-refractivity contribution in [2.24, 2.45) is 0 Å². The molecular formula is C16H32N4O2. The Morgan fingerprint density at radius 3 is 1.82 bits per heavy atom. The summed E-state index contributed by atoms with van der Waals surface area (Å²) >= 11 is 0. The van der Waals surface area contributed by atoms with E-state index in [0.717, 1.165) is 71.9 Å². The van der Waals surface area contributed by atoms with E-state index < -0.39 is 5.97 Å². The van der Waals surface area contributed by atoms with Crippen molar-refractivity contribution in [3.8, 4) is 0 Å². The molecule has 2 saturated heterocycles. The maximum atomic E-state index is 11.0. The first kappa shape index (κ1) is 17.7. The predicted octanol–water partition coefficient (Wildman–Crippen LogP) is 0.106. The van der Waals surface area contributed by atoms with Crippen LogP contribution < -0.4 is 0 Å². The molecule has 2 fully saturated rings. The summed E-state index contributed by atoms with van der Waals surface area (Å²) in [6.45, 7) is 14.3. The van der Waals surface area contributed by atoms with Crippen LogP contribution >= 0.6 is 0 Å². The summed E-state index contributed by atoms with van der Waals surface area (Å²) in [4.78, 5) is 20.7. The maximum Gasteiger partial charge on any atom is 0.317 e. The number of carboxylic acids is 1. The molecule has 2 atom stereocenters. The molecule has 6 heteroatoms. The highest BCUT2D eigenvalue weighted by molar-refractivity contribution is 5.69. The van der Waals surface area contributed by atoms with E-state index in [1.807, 2.05) is 0 Å². The van der Waals surface area contributed by atoms with E-state index in [1.165, 1.54) is 13.0 Å². The van der Waals surface area contributed by atoms with Gasteiger partial charge in [0.25, 0.3) is 0 Å². The van der Waals surface area contributed by atoms with E-state index >= 15 is 0 Å². The van der Waals surface area contributed by atoms with Crippen LogP contribution in [0.4, 0.5) is 0 Å². The van der Waals surface area contributed by atoms with Crippen LogP contribution in [-0.4, -0.2) is 109 Å². The molecule has 6 nitrogen and oxygen atoms in total. The largest absolute Gasteiger partial charge is 0.480 e. The number of nitrogens with zero attached hydrogens (tertiary/aromatic N) is 4. The summed E-state index contributed by atoms with van der Waals surface area (Å²) in [6, 6.07) is 0. The number of hydrogen-bond acceptors (Lipinski definition) is 5. The Morgan fingerprint density at radius 2 is 1.27 bits per heavy atom. The van der Waals surface area contributed by atoms with Crippen LogP contribution in [0, 0.1) is 0 Å².